The third-order valence-corrected chi connectivity index (χ3v) is 6.47. The number of rotatable bonds is 6. The lowest BCUT2D eigenvalue weighted by molar-refractivity contribution is 0.366. The topological polar surface area (TPSA) is 46.2 Å². The first kappa shape index (κ1) is 17.0. The van der Waals surface area contributed by atoms with Crippen molar-refractivity contribution < 1.29 is 8.42 Å². The molecule has 1 saturated carbocycles. The van der Waals surface area contributed by atoms with Crippen LogP contribution >= 0.6 is 15.9 Å². The van der Waals surface area contributed by atoms with Gasteiger partial charge < -0.3 is 0 Å². The van der Waals surface area contributed by atoms with E-state index in [1.807, 2.05) is 12.1 Å². The van der Waals surface area contributed by atoms with E-state index in [0.29, 0.717) is 22.2 Å². The monoisotopic (exact) mass is 373 g/mol. The summed E-state index contributed by atoms with van der Waals surface area (Å²) in [6.07, 6.45) is 6.52. The third-order valence-electron chi connectivity index (χ3n) is 4.11. The van der Waals surface area contributed by atoms with Crippen LogP contribution in [0.3, 0.4) is 0 Å². The average Bonchev–Trinajstić information content (AvgIpc) is 2.48. The Morgan fingerprint density at radius 2 is 1.76 bits per heavy atom. The summed E-state index contributed by atoms with van der Waals surface area (Å²) in [5.74, 6) is 0.466. The summed E-state index contributed by atoms with van der Waals surface area (Å²) in [7, 11) is -3.37. The van der Waals surface area contributed by atoms with Crippen LogP contribution in [0.5, 0.6) is 0 Å². The number of halogens is 1. The van der Waals surface area contributed by atoms with E-state index in [0.717, 1.165) is 38.5 Å². The summed E-state index contributed by atoms with van der Waals surface area (Å²) in [5.41, 5.74) is 1.19. The van der Waals surface area contributed by atoms with Crippen LogP contribution in [0.15, 0.2) is 29.2 Å². The zero-order chi connectivity index (χ0) is 15.3. The fraction of sp³-hybridized carbons (Fsp3) is 0.625. The predicted octanol–water partition coefficient (Wildman–Crippen LogP) is 3.87. The highest BCUT2D eigenvalue weighted by atomic mass is 79.9. The van der Waals surface area contributed by atoms with Crippen molar-refractivity contribution in [2.24, 2.45) is 5.92 Å². The summed E-state index contributed by atoms with van der Waals surface area (Å²) in [6, 6.07) is 7.24. The largest absolute Gasteiger partial charge is 0.240 e. The maximum atomic E-state index is 12.3. The van der Waals surface area contributed by atoms with Gasteiger partial charge in [-0.25, -0.2) is 13.1 Å². The molecule has 118 valence electrons. The highest BCUT2D eigenvalue weighted by Gasteiger charge is 2.21. The maximum Gasteiger partial charge on any atom is 0.240 e. The minimum Gasteiger partial charge on any atom is -0.211 e. The van der Waals surface area contributed by atoms with Gasteiger partial charge in [-0.3, -0.25) is 0 Å². The normalized spacial score (nSPS) is 23.1. The van der Waals surface area contributed by atoms with E-state index in [2.05, 4.69) is 27.6 Å². The van der Waals surface area contributed by atoms with Crippen LogP contribution in [0.4, 0.5) is 0 Å². The Hall–Kier alpha value is -0.390. The van der Waals surface area contributed by atoms with Crippen LogP contribution in [0.25, 0.3) is 0 Å². The number of sulfonamides is 1. The maximum absolute atomic E-state index is 12.3. The summed E-state index contributed by atoms with van der Waals surface area (Å²) < 4.78 is 27.3. The zero-order valence-corrected chi connectivity index (χ0v) is 14.9. The van der Waals surface area contributed by atoms with Crippen LogP contribution in [0.2, 0.25) is 0 Å². The lowest BCUT2D eigenvalue weighted by atomic mass is 9.89. The van der Waals surface area contributed by atoms with E-state index < -0.39 is 10.0 Å². The van der Waals surface area contributed by atoms with Gasteiger partial charge in [0.1, 0.15) is 0 Å². The standard InChI is InChI=1S/C16H24BrNO2S/c1-2-3-13-6-10-16(11-7-13)21(19,20)18-12-14-4-8-15(17)9-5-14/h6-7,10-11,14-15,18H,2-5,8-9,12H2,1H3. The summed E-state index contributed by atoms with van der Waals surface area (Å²) in [4.78, 5) is 0.980. The second kappa shape index (κ2) is 7.75. The van der Waals surface area contributed by atoms with Gasteiger partial charge in [-0.1, -0.05) is 41.4 Å². The van der Waals surface area contributed by atoms with Gasteiger partial charge in [0.15, 0.2) is 0 Å². The molecule has 1 aromatic rings. The molecular formula is C16H24BrNO2S. The second-order valence-electron chi connectivity index (χ2n) is 5.86. The molecule has 0 bridgehead atoms. The van der Waals surface area contributed by atoms with E-state index in [9.17, 15) is 8.42 Å². The van der Waals surface area contributed by atoms with E-state index in [4.69, 9.17) is 0 Å². The Morgan fingerprint density at radius 3 is 2.33 bits per heavy atom. The fourth-order valence-electron chi connectivity index (χ4n) is 2.76. The van der Waals surface area contributed by atoms with Crippen molar-refractivity contribution in [1.29, 1.82) is 0 Å². The molecule has 1 aliphatic carbocycles. The minimum absolute atomic E-state index is 0.372. The molecule has 0 aliphatic heterocycles. The molecule has 2 rings (SSSR count). The molecule has 0 unspecified atom stereocenters. The van der Waals surface area contributed by atoms with Gasteiger partial charge in [-0.05, 0) is 55.7 Å². The molecule has 0 atom stereocenters. The molecule has 0 heterocycles. The number of alkyl halides is 1. The van der Waals surface area contributed by atoms with Crippen molar-refractivity contribution in [2.75, 3.05) is 6.54 Å². The van der Waals surface area contributed by atoms with E-state index in [1.165, 1.54) is 5.56 Å². The molecule has 5 heteroatoms. The Balaban J connectivity index is 1.91. The summed E-state index contributed by atoms with van der Waals surface area (Å²) in [5, 5.41) is 0. The molecule has 0 aromatic heterocycles. The molecule has 0 saturated heterocycles. The lowest BCUT2D eigenvalue weighted by Crippen LogP contribution is -2.31. The molecule has 0 spiro atoms. The Bertz CT molecular complexity index is 534. The molecule has 1 aliphatic rings. The average molecular weight is 374 g/mol. The Labute approximate surface area is 136 Å². The molecule has 21 heavy (non-hydrogen) atoms. The van der Waals surface area contributed by atoms with Gasteiger partial charge >= 0.3 is 0 Å². The SMILES string of the molecule is CCCc1ccc(S(=O)(=O)NCC2CCC(Br)CC2)cc1. The number of aryl methyl sites for hydroxylation is 1. The Morgan fingerprint density at radius 1 is 1.14 bits per heavy atom. The van der Waals surface area contributed by atoms with Crippen LogP contribution in [-0.2, 0) is 16.4 Å². The Kier molecular flexibility index (Phi) is 6.26. The predicted molar refractivity (Wildman–Crippen MR) is 90.3 cm³/mol. The van der Waals surface area contributed by atoms with Crippen molar-refractivity contribution in [1.82, 2.24) is 4.72 Å². The summed E-state index contributed by atoms with van der Waals surface area (Å²) in [6.45, 7) is 2.67. The first-order valence-electron chi connectivity index (χ1n) is 7.74. The highest BCUT2D eigenvalue weighted by molar-refractivity contribution is 9.09. The smallest absolute Gasteiger partial charge is 0.211 e. The number of nitrogens with one attached hydrogen (secondary N) is 1. The van der Waals surface area contributed by atoms with Gasteiger partial charge in [0.05, 0.1) is 4.90 Å². The van der Waals surface area contributed by atoms with Crippen LogP contribution < -0.4 is 4.72 Å². The lowest BCUT2D eigenvalue weighted by Gasteiger charge is -2.25. The van der Waals surface area contributed by atoms with Gasteiger partial charge in [0.2, 0.25) is 10.0 Å². The number of hydrogen-bond donors (Lipinski definition) is 1. The zero-order valence-electron chi connectivity index (χ0n) is 12.5. The molecule has 1 aromatic carbocycles. The molecule has 3 nitrogen and oxygen atoms in total. The third kappa shape index (κ3) is 5.08. The minimum atomic E-state index is -3.37. The van der Waals surface area contributed by atoms with Crippen molar-refractivity contribution in [3.05, 3.63) is 29.8 Å². The highest BCUT2D eigenvalue weighted by Crippen LogP contribution is 2.28. The van der Waals surface area contributed by atoms with E-state index in [-0.39, 0.29) is 0 Å². The van der Waals surface area contributed by atoms with Crippen molar-refractivity contribution in [3.8, 4) is 0 Å². The van der Waals surface area contributed by atoms with E-state index in [1.54, 1.807) is 12.1 Å². The second-order valence-corrected chi connectivity index (χ2v) is 8.93. The van der Waals surface area contributed by atoms with Gasteiger partial charge in [-0.2, -0.15) is 0 Å². The van der Waals surface area contributed by atoms with E-state index >= 15 is 0 Å². The van der Waals surface area contributed by atoms with Crippen molar-refractivity contribution in [2.45, 2.75) is 55.2 Å². The van der Waals surface area contributed by atoms with Crippen molar-refractivity contribution in [3.63, 3.8) is 0 Å². The molecular weight excluding hydrogens is 350 g/mol. The molecule has 0 amide bonds. The number of hydrogen-bond acceptors (Lipinski definition) is 2. The van der Waals surface area contributed by atoms with Crippen LogP contribution in [0.1, 0.15) is 44.6 Å². The molecule has 1 N–H and O–H groups in total. The van der Waals surface area contributed by atoms with Crippen molar-refractivity contribution >= 4 is 26.0 Å². The van der Waals surface area contributed by atoms with Gasteiger partial charge in [-0.15, -0.1) is 0 Å². The quantitative estimate of drug-likeness (QED) is 0.769. The number of benzene rings is 1. The van der Waals surface area contributed by atoms with Crippen LogP contribution in [0, 0.1) is 5.92 Å². The summed E-state index contributed by atoms with van der Waals surface area (Å²) >= 11 is 3.62. The fourth-order valence-corrected chi connectivity index (χ4v) is 4.41. The van der Waals surface area contributed by atoms with Gasteiger partial charge in [0, 0.05) is 11.4 Å². The first-order valence-corrected chi connectivity index (χ1v) is 10.1. The molecule has 1 fully saturated rings. The van der Waals surface area contributed by atoms with Gasteiger partial charge in [0.25, 0.3) is 0 Å². The van der Waals surface area contributed by atoms with Crippen LogP contribution in [-0.4, -0.2) is 19.8 Å². The first-order chi connectivity index (χ1) is 10.0. The molecule has 0 radical (unpaired) electrons.